The van der Waals surface area contributed by atoms with Crippen molar-refractivity contribution in [2.24, 2.45) is 0 Å². The molecule has 17 heavy (non-hydrogen) atoms. The van der Waals surface area contributed by atoms with E-state index in [2.05, 4.69) is 10.4 Å². The van der Waals surface area contributed by atoms with Crippen LogP contribution in [-0.4, -0.2) is 32.4 Å². The number of nitrogens with one attached hydrogen (secondary N) is 1. The lowest BCUT2D eigenvalue weighted by Crippen LogP contribution is -2.51. The van der Waals surface area contributed by atoms with Gasteiger partial charge in [0.1, 0.15) is 5.54 Å². The third-order valence-electron chi connectivity index (χ3n) is 3.01. The first-order valence-electron chi connectivity index (χ1n) is 5.69. The van der Waals surface area contributed by atoms with E-state index < -0.39 is 11.5 Å². The number of aromatic nitrogens is 2. The van der Waals surface area contributed by atoms with Crippen molar-refractivity contribution >= 4 is 17.6 Å². The molecule has 5 nitrogen and oxygen atoms in total. The molecule has 1 aliphatic rings. The molecule has 0 bridgehead atoms. The summed E-state index contributed by atoms with van der Waals surface area (Å²) in [5.41, 5.74) is -0.889. The van der Waals surface area contributed by atoms with Crippen LogP contribution in [-0.2, 0) is 11.3 Å². The van der Waals surface area contributed by atoms with E-state index >= 15 is 0 Å². The van der Waals surface area contributed by atoms with Gasteiger partial charge in [-0.15, -0.1) is 0 Å². The Hall–Kier alpha value is -1.07. The van der Waals surface area contributed by atoms with Crippen molar-refractivity contribution in [3.05, 3.63) is 17.4 Å². The van der Waals surface area contributed by atoms with Gasteiger partial charge < -0.3 is 5.11 Å². The Morgan fingerprint density at radius 1 is 1.76 bits per heavy atom. The number of nitrogens with zero attached hydrogens (tertiary/aromatic N) is 2. The summed E-state index contributed by atoms with van der Waals surface area (Å²) in [5, 5.41) is 17.0. The highest BCUT2D eigenvalue weighted by atomic mass is 35.5. The van der Waals surface area contributed by atoms with Crippen molar-refractivity contribution < 1.29 is 9.90 Å². The minimum Gasteiger partial charge on any atom is -0.480 e. The summed E-state index contributed by atoms with van der Waals surface area (Å²) in [6.45, 7) is 2.26. The van der Waals surface area contributed by atoms with Crippen LogP contribution in [0.2, 0.25) is 5.02 Å². The normalized spacial score (nSPS) is 18.9. The molecule has 0 aromatic carbocycles. The van der Waals surface area contributed by atoms with Crippen LogP contribution in [0.1, 0.15) is 26.2 Å². The lowest BCUT2D eigenvalue weighted by molar-refractivity contribution is -0.144. The first-order chi connectivity index (χ1) is 7.99. The molecule has 1 aliphatic carbocycles. The quantitative estimate of drug-likeness (QED) is 0.811. The molecule has 0 saturated heterocycles. The van der Waals surface area contributed by atoms with Gasteiger partial charge in [0, 0.05) is 18.8 Å². The van der Waals surface area contributed by atoms with Crippen molar-refractivity contribution in [1.29, 1.82) is 0 Å². The summed E-state index contributed by atoms with van der Waals surface area (Å²) in [7, 11) is 0. The topological polar surface area (TPSA) is 67.2 Å². The highest BCUT2D eigenvalue weighted by Crippen LogP contribution is 2.24. The van der Waals surface area contributed by atoms with Crippen molar-refractivity contribution in [3.8, 4) is 0 Å². The monoisotopic (exact) mass is 257 g/mol. The van der Waals surface area contributed by atoms with Gasteiger partial charge in [0.2, 0.25) is 0 Å². The highest BCUT2D eigenvalue weighted by Gasteiger charge is 2.38. The van der Waals surface area contributed by atoms with E-state index in [-0.39, 0.29) is 0 Å². The molecule has 1 aromatic heterocycles. The Balaban J connectivity index is 1.95. The van der Waals surface area contributed by atoms with E-state index in [1.54, 1.807) is 24.0 Å². The summed E-state index contributed by atoms with van der Waals surface area (Å²) in [5.74, 6) is -0.817. The fraction of sp³-hybridized carbons (Fsp3) is 0.636. The molecule has 1 aromatic rings. The zero-order chi connectivity index (χ0) is 12.5. The Labute approximate surface area is 105 Å². The Kier molecular flexibility index (Phi) is 3.40. The van der Waals surface area contributed by atoms with Crippen LogP contribution in [0.25, 0.3) is 0 Å². The third kappa shape index (κ3) is 3.20. The van der Waals surface area contributed by atoms with Crippen LogP contribution in [0.4, 0.5) is 0 Å². The van der Waals surface area contributed by atoms with Crippen LogP contribution in [0.5, 0.6) is 0 Å². The second-order valence-corrected chi connectivity index (χ2v) is 5.16. The van der Waals surface area contributed by atoms with Crippen molar-refractivity contribution in [2.45, 2.75) is 44.3 Å². The summed E-state index contributed by atoms with van der Waals surface area (Å²) < 4.78 is 1.66. The van der Waals surface area contributed by atoms with Gasteiger partial charge >= 0.3 is 5.97 Å². The number of halogens is 1. The first-order valence-corrected chi connectivity index (χ1v) is 6.06. The van der Waals surface area contributed by atoms with Gasteiger partial charge in [-0.3, -0.25) is 14.8 Å². The molecular weight excluding hydrogens is 242 g/mol. The molecule has 2 N–H and O–H groups in total. The van der Waals surface area contributed by atoms with Crippen LogP contribution in [0, 0.1) is 0 Å². The number of carboxylic acids is 1. The van der Waals surface area contributed by atoms with E-state index in [1.165, 1.54) is 0 Å². The summed E-state index contributed by atoms with van der Waals surface area (Å²) in [4.78, 5) is 11.3. The largest absolute Gasteiger partial charge is 0.480 e. The average Bonchev–Trinajstić information content (AvgIpc) is 2.96. The fourth-order valence-corrected chi connectivity index (χ4v) is 1.87. The van der Waals surface area contributed by atoms with Gasteiger partial charge in [0.25, 0.3) is 0 Å². The van der Waals surface area contributed by atoms with E-state index in [0.717, 1.165) is 12.8 Å². The van der Waals surface area contributed by atoms with Gasteiger partial charge in [0.15, 0.2) is 0 Å². The maximum absolute atomic E-state index is 11.3. The van der Waals surface area contributed by atoms with Crippen molar-refractivity contribution in [1.82, 2.24) is 15.1 Å². The Morgan fingerprint density at radius 3 is 2.94 bits per heavy atom. The first kappa shape index (κ1) is 12.4. The van der Waals surface area contributed by atoms with Crippen molar-refractivity contribution in [2.75, 3.05) is 0 Å². The molecule has 0 radical (unpaired) electrons. The molecule has 1 unspecified atom stereocenters. The molecule has 94 valence electrons. The zero-order valence-corrected chi connectivity index (χ0v) is 10.4. The number of aliphatic carboxylic acids is 1. The predicted molar refractivity (Wildman–Crippen MR) is 64.1 cm³/mol. The number of aryl methyl sites for hydroxylation is 1. The number of carboxylic acid groups (broad SMARTS) is 1. The minimum absolute atomic E-state index is 0.359. The summed E-state index contributed by atoms with van der Waals surface area (Å²) in [6, 6.07) is 0.359. The van der Waals surface area contributed by atoms with Gasteiger partial charge in [-0.1, -0.05) is 11.6 Å². The van der Waals surface area contributed by atoms with Crippen LogP contribution in [0.15, 0.2) is 12.4 Å². The second kappa shape index (κ2) is 4.66. The highest BCUT2D eigenvalue weighted by molar-refractivity contribution is 6.30. The maximum atomic E-state index is 11.3. The molecule has 0 aliphatic heterocycles. The van der Waals surface area contributed by atoms with E-state index in [9.17, 15) is 9.90 Å². The molecule has 0 spiro atoms. The van der Waals surface area contributed by atoms with E-state index in [4.69, 9.17) is 11.6 Å². The van der Waals surface area contributed by atoms with E-state index in [0.29, 0.717) is 24.0 Å². The van der Waals surface area contributed by atoms with Crippen LogP contribution in [0.3, 0.4) is 0 Å². The maximum Gasteiger partial charge on any atom is 0.323 e. The van der Waals surface area contributed by atoms with Crippen LogP contribution >= 0.6 is 11.6 Å². The standard InChI is InChI=1S/C11H16ClN3O2/c1-11(10(16)17,14-9-2-3-9)4-5-15-7-8(12)6-13-15/h6-7,9,14H,2-5H2,1H3,(H,16,17). The van der Waals surface area contributed by atoms with Crippen molar-refractivity contribution in [3.63, 3.8) is 0 Å². The Morgan fingerprint density at radius 2 is 2.47 bits per heavy atom. The SMILES string of the molecule is CC(CCn1cc(Cl)cn1)(NC1CC1)C(=O)O. The molecule has 6 heteroatoms. The number of hydrogen-bond donors (Lipinski definition) is 2. The second-order valence-electron chi connectivity index (χ2n) is 4.73. The molecule has 1 atom stereocenters. The van der Waals surface area contributed by atoms with Crippen LogP contribution < -0.4 is 5.32 Å². The third-order valence-corrected chi connectivity index (χ3v) is 3.21. The minimum atomic E-state index is -0.889. The zero-order valence-electron chi connectivity index (χ0n) is 9.69. The van der Waals surface area contributed by atoms with Gasteiger partial charge in [-0.05, 0) is 26.2 Å². The smallest absolute Gasteiger partial charge is 0.323 e. The summed E-state index contributed by atoms with van der Waals surface area (Å²) >= 11 is 5.75. The number of hydrogen-bond acceptors (Lipinski definition) is 3. The predicted octanol–water partition coefficient (Wildman–Crippen LogP) is 1.52. The van der Waals surface area contributed by atoms with Gasteiger partial charge in [-0.2, -0.15) is 5.10 Å². The number of carbonyl (C=O) groups is 1. The van der Waals surface area contributed by atoms with E-state index in [1.807, 2.05) is 0 Å². The number of rotatable bonds is 6. The van der Waals surface area contributed by atoms with Gasteiger partial charge in [0.05, 0.1) is 11.2 Å². The molecule has 1 fully saturated rings. The van der Waals surface area contributed by atoms with Gasteiger partial charge in [-0.25, -0.2) is 0 Å². The molecule has 2 rings (SSSR count). The summed E-state index contributed by atoms with van der Waals surface area (Å²) in [6.07, 6.45) is 5.86. The lowest BCUT2D eigenvalue weighted by Gasteiger charge is -2.26. The fourth-order valence-electron chi connectivity index (χ4n) is 1.72. The lowest BCUT2D eigenvalue weighted by atomic mass is 9.98. The molecule has 1 saturated carbocycles. The molecular formula is C11H16ClN3O2. The molecule has 0 amide bonds. The average molecular weight is 258 g/mol. The molecule has 1 heterocycles. The Bertz CT molecular complexity index is 417.